The molecule has 5 aromatic carbocycles. The van der Waals surface area contributed by atoms with E-state index in [1.165, 1.54) is 0 Å². The summed E-state index contributed by atoms with van der Waals surface area (Å²) in [7, 11) is 0. The molecule has 4 fully saturated rings. The van der Waals surface area contributed by atoms with Gasteiger partial charge in [-0.3, -0.25) is 4.79 Å². The summed E-state index contributed by atoms with van der Waals surface area (Å²) in [5.74, 6) is 0.0840. The van der Waals surface area contributed by atoms with Crippen LogP contribution in [0.2, 0.25) is 0 Å². The summed E-state index contributed by atoms with van der Waals surface area (Å²) in [5, 5.41) is 54.8. The summed E-state index contributed by atoms with van der Waals surface area (Å²) in [5.41, 5.74) is 2.62. The summed E-state index contributed by atoms with van der Waals surface area (Å²) in [6.07, 6.45) is -4.72. The largest absolute Gasteiger partial charge is 0.632 e. The van der Waals surface area contributed by atoms with Gasteiger partial charge in [-0.1, -0.05) is 127 Å². The summed E-state index contributed by atoms with van der Waals surface area (Å²) in [6, 6.07) is 40.7. The number of hydroxylamine groups is 3. The zero-order valence-corrected chi connectivity index (χ0v) is 38.0. The Kier molecular flexibility index (Phi) is 12.4. The predicted molar refractivity (Wildman–Crippen MR) is 249 cm³/mol. The number of aliphatic hydroxyl groups is 2. The van der Waals surface area contributed by atoms with E-state index in [9.17, 15) is 20.5 Å². The van der Waals surface area contributed by atoms with Crippen LogP contribution in [0.5, 0.6) is 11.5 Å². The third-order valence-corrected chi connectivity index (χ3v) is 15.6. The van der Waals surface area contributed by atoms with Gasteiger partial charge >= 0.3 is 0 Å². The van der Waals surface area contributed by atoms with Crippen LogP contribution in [-0.2, 0) is 66.7 Å². The number of hydrogen-bond acceptors (Lipinski definition) is 11. The predicted octanol–water partition coefficient (Wildman–Crippen LogP) is 6.51. The van der Waals surface area contributed by atoms with Gasteiger partial charge in [0, 0.05) is 24.3 Å². The van der Waals surface area contributed by atoms with Crippen molar-refractivity contribution >= 4 is 5.91 Å². The number of likely N-dealkylation sites (tertiary alicyclic amines) is 1. The van der Waals surface area contributed by atoms with Crippen LogP contribution in [0, 0.1) is 11.1 Å². The molecule has 4 N–H and O–H groups in total. The molecule has 13 heteroatoms. The minimum absolute atomic E-state index is 0.0207. The molecule has 1 amide bonds. The van der Waals surface area contributed by atoms with Crippen LogP contribution >= 0.6 is 0 Å². The van der Waals surface area contributed by atoms with Crippen LogP contribution < -0.4 is 10.1 Å². The molecule has 68 heavy (non-hydrogen) atoms. The lowest BCUT2D eigenvalue weighted by Crippen LogP contribution is -2.81. The molecule has 356 valence electrons. The fourth-order valence-electron chi connectivity index (χ4n) is 12.2. The smallest absolute Gasteiger partial charge is 0.252 e. The summed E-state index contributed by atoms with van der Waals surface area (Å²) < 4.78 is 39.7. The number of hydrogen-bond donors (Lipinski definition) is 4. The van der Waals surface area contributed by atoms with E-state index in [1.807, 2.05) is 127 Å². The maximum Gasteiger partial charge on any atom is 0.252 e. The zero-order valence-electron chi connectivity index (χ0n) is 38.0. The number of carbonyl (C=O) groups excluding carboxylic acids is 1. The van der Waals surface area contributed by atoms with E-state index in [1.54, 1.807) is 6.07 Å². The van der Waals surface area contributed by atoms with E-state index in [0.29, 0.717) is 44.0 Å². The van der Waals surface area contributed by atoms with Crippen molar-refractivity contribution < 1.29 is 53.2 Å². The van der Waals surface area contributed by atoms with Gasteiger partial charge in [0.15, 0.2) is 23.9 Å². The van der Waals surface area contributed by atoms with Crippen LogP contribution in [0.25, 0.3) is 0 Å². The maximum absolute atomic E-state index is 15.5. The molecule has 0 radical (unpaired) electrons. The quantitative estimate of drug-likeness (QED) is 0.0593. The van der Waals surface area contributed by atoms with Gasteiger partial charge in [0.2, 0.25) is 0 Å². The highest BCUT2D eigenvalue weighted by Crippen LogP contribution is 2.66. The van der Waals surface area contributed by atoms with Crippen molar-refractivity contribution in [1.82, 2.24) is 5.32 Å². The second-order valence-electron chi connectivity index (χ2n) is 19.8. The fraction of sp³-hybridized carbons (Fsp3) is 0.436. The number of ether oxygens (including phenoxy) is 6. The van der Waals surface area contributed by atoms with Crippen LogP contribution in [-0.4, -0.2) is 99.6 Å². The molecule has 3 heterocycles. The monoisotopic (exact) mass is 924 g/mol. The molecular formula is C55H60N2O11. The Labute approximate surface area is 396 Å². The van der Waals surface area contributed by atoms with Crippen molar-refractivity contribution in [2.75, 3.05) is 13.1 Å². The molecular weight excluding hydrogens is 865 g/mol. The standard InChI is InChI=1S/C55H60N2O11/c58-42-24-23-40-29-43-55(61)26-25-41(51-54(55,44(40)45(42)67-51)27-28-57(43,62)30-35-21-22-35)56-52(59)49(65-33-38-17-9-3-10-18-38)48-46(63-31-36-13-5-1-6-14-36)47(64-32-37-15-7-2-8-16-37)50(53(60)68-48)66-34-39-19-11-4-12-20-39/h1-20,23-24,35,41,43,46-51,53,58,60-61H,21-22,25-34H2,(H,56,59)/t41-,43-,46+,47+,48+,49?,50-,51+,53?,54?,55-,57?/m1/s1. The van der Waals surface area contributed by atoms with E-state index in [4.69, 9.17) is 28.4 Å². The summed E-state index contributed by atoms with van der Waals surface area (Å²) >= 11 is 0. The Bertz CT molecular complexity index is 2540. The normalized spacial score (nSPS) is 32.7. The number of quaternary nitrogens is 1. The Hall–Kier alpha value is -5.19. The Balaban J connectivity index is 0.944. The van der Waals surface area contributed by atoms with Gasteiger partial charge in [-0.2, -0.15) is 0 Å². The van der Waals surface area contributed by atoms with E-state index < -0.39 is 76.6 Å². The number of benzene rings is 5. The molecule has 11 rings (SSSR count). The molecule has 2 saturated heterocycles. The van der Waals surface area contributed by atoms with Crippen molar-refractivity contribution in [3.63, 3.8) is 0 Å². The summed E-state index contributed by atoms with van der Waals surface area (Å²) in [4.78, 5) is 15.5. The Morgan fingerprint density at radius 2 is 1.29 bits per heavy atom. The van der Waals surface area contributed by atoms with E-state index in [2.05, 4.69) is 5.32 Å². The first-order chi connectivity index (χ1) is 33.1. The number of aliphatic hydroxyl groups excluding tert-OH is 1. The van der Waals surface area contributed by atoms with E-state index in [0.717, 1.165) is 46.2 Å². The van der Waals surface area contributed by atoms with Gasteiger partial charge in [-0.15, -0.1) is 0 Å². The molecule has 13 nitrogen and oxygen atoms in total. The highest BCUT2D eigenvalue weighted by molar-refractivity contribution is 5.82. The van der Waals surface area contributed by atoms with Crippen molar-refractivity contribution in [3.8, 4) is 11.5 Å². The first-order valence-electron chi connectivity index (χ1n) is 24.2. The zero-order chi connectivity index (χ0) is 46.5. The Morgan fingerprint density at radius 1 is 0.735 bits per heavy atom. The molecule has 3 aliphatic heterocycles. The molecule has 12 atom stereocenters. The molecule has 1 spiro atoms. The third-order valence-electron chi connectivity index (χ3n) is 15.6. The SMILES string of the molecule is O=C(N[C@@H]1CC[C@@]2(O)[C@H]3Cc4ccc(O)c5c4C2(CC[N+]3([O-])CC2CC2)[C@H]1O5)C(OCc1ccccc1)[C@H]1OC(O)[C@H](OCc2ccccc2)[C@@H](OCc2ccccc2)[C@@H]1OCc1ccccc1. The van der Waals surface area contributed by atoms with Crippen LogP contribution in [0.3, 0.4) is 0 Å². The topological polar surface area (TPSA) is 168 Å². The number of carbonyl (C=O) groups is 1. The average molecular weight is 925 g/mol. The Morgan fingerprint density at radius 3 is 1.88 bits per heavy atom. The summed E-state index contributed by atoms with van der Waals surface area (Å²) in [6.45, 7) is 1.21. The van der Waals surface area contributed by atoms with Gasteiger partial charge in [0.05, 0.1) is 51.0 Å². The lowest BCUT2D eigenvalue weighted by molar-refractivity contribution is -0.924. The van der Waals surface area contributed by atoms with Crippen molar-refractivity contribution in [3.05, 3.63) is 172 Å². The number of aromatic hydroxyl groups is 1. The molecule has 2 bridgehead atoms. The van der Waals surface area contributed by atoms with Gasteiger partial charge in [-0.25, -0.2) is 0 Å². The molecule has 5 aromatic rings. The lowest BCUT2D eigenvalue weighted by atomic mass is 9.48. The van der Waals surface area contributed by atoms with Crippen molar-refractivity contribution in [1.29, 1.82) is 0 Å². The first-order valence-corrected chi connectivity index (χ1v) is 24.2. The highest BCUT2D eigenvalue weighted by atomic mass is 16.7. The number of phenols is 1. The molecule has 2 saturated carbocycles. The minimum atomic E-state index is -1.57. The van der Waals surface area contributed by atoms with Gasteiger partial charge in [0.1, 0.15) is 42.2 Å². The number of phenolic OH excluding ortho intramolecular Hbond substituents is 1. The lowest BCUT2D eigenvalue weighted by Gasteiger charge is -2.68. The minimum Gasteiger partial charge on any atom is -0.632 e. The van der Waals surface area contributed by atoms with E-state index >= 15 is 4.79 Å². The second kappa shape index (κ2) is 18.6. The third kappa shape index (κ3) is 8.31. The van der Waals surface area contributed by atoms with Gasteiger partial charge in [0.25, 0.3) is 5.91 Å². The van der Waals surface area contributed by atoms with Gasteiger partial charge in [-0.05, 0) is 59.6 Å². The van der Waals surface area contributed by atoms with Crippen LogP contribution in [0.15, 0.2) is 133 Å². The molecule has 4 unspecified atom stereocenters. The number of rotatable bonds is 17. The molecule has 0 aromatic heterocycles. The number of nitrogens with zero attached hydrogens (tertiary/aromatic N) is 1. The van der Waals surface area contributed by atoms with Crippen molar-refractivity contribution in [2.24, 2.45) is 5.92 Å². The van der Waals surface area contributed by atoms with Gasteiger partial charge < -0.3 is 58.9 Å². The average Bonchev–Trinajstić information content (AvgIpc) is 4.10. The van der Waals surface area contributed by atoms with Crippen LogP contribution in [0.4, 0.5) is 0 Å². The highest BCUT2D eigenvalue weighted by Gasteiger charge is 2.76. The molecule has 6 aliphatic rings. The number of amides is 1. The number of piperidine rings is 1. The first kappa shape index (κ1) is 45.3. The maximum atomic E-state index is 15.5. The fourth-order valence-corrected chi connectivity index (χ4v) is 12.2. The van der Waals surface area contributed by atoms with Crippen LogP contribution in [0.1, 0.15) is 65.5 Å². The molecule has 3 aliphatic carbocycles. The number of nitrogens with one attached hydrogen (secondary N) is 1. The van der Waals surface area contributed by atoms with Crippen molar-refractivity contribution in [2.45, 2.75) is 131 Å². The van der Waals surface area contributed by atoms with E-state index in [-0.39, 0.29) is 38.6 Å². The second-order valence-corrected chi connectivity index (χ2v) is 19.8.